The van der Waals surface area contributed by atoms with Gasteiger partial charge in [-0.2, -0.15) is 0 Å². The van der Waals surface area contributed by atoms with E-state index in [9.17, 15) is 19.8 Å². The largest absolute Gasteiger partial charge is 0.504 e. The van der Waals surface area contributed by atoms with Crippen LogP contribution in [0.5, 0.6) is 11.5 Å². The van der Waals surface area contributed by atoms with Crippen molar-refractivity contribution in [3.63, 3.8) is 0 Å². The molecule has 1 atom stereocenters. The van der Waals surface area contributed by atoms with Crippen molar-refractivity contribution in [2.45, 2.75) is 13.0 Å². The van der Waals surface area contributed by atoms with E-state index in [0.717, 1.165) is 6.08 Å². The number of benzene rings is 1. The van der Waals surface area contributed by atoms with Gasteiger partial charge >= 0.3 is 11.9 Å². The molecule has 0 bridgehead atoms. The minimum absolute atomic E-state index is 0.0905. The number of carbonyl (C=O) groups excluding carboxylic acids is 1. The highest BCUT2D eigenvalue weighted by molar-refractivity contribution is 5.83. The summed E-state index contributed by atoms with van der Waals surface area (Å²) in [5, 5.41) is 21.5. The molecule has 0 radical (unpaired) electrons. The number of carbonyl (C=O) groups is 2. The molecule has 1 unspecified atom stereocenters. The maximum absolute atomic E-state index is 11.4. The fourth-order valence-electron chi connectivity index (χ4n) is 1.67. The van der Waals surface area contributed by atoms with Crippen LogP contribution in [-0.2, 0) is 14.3 Å². The molecule has 0 aliphatic rings. The van der Waals surface area contributed by atoms with Crippen molar-refractivity contribution in [3.05, 3.63) is 35.5 Å². The fourth-order valence-corrected chi connectivity index (χ4v) is 1.67. The van der Waals surface area contributed by atoms with E-state index in [-0.39, 0.29) is 11.5 Å². The summed E-state index contributed by atoms with van der Waals surface area (Å²) >= 11 is 0. The maximum atomic E-state index is 11.4. The summed E-state index contributed by atoms with van der Waals surface area (Å²) in [6.45, 7) is 1.55. The number of hydrogen-bond donors (Lipinski definition) is 3. The van der Waals surface area contributed by atoms with Gasteiger partial charge in [0, 0.05) is 11.8 Å². The van der Waals surface area contributed by atoms with Gasteiger partial charge in [-0.1, -0.05) is 6.07 Å². The number of hydrogen-bond acceptors (Lipinski definition) is 6. The number of rotatable bonds is 6. The van der Waals surface area contributed by atoms with Crippen LogP contribution < -0.4 is 10.1 Å². The lowest BCUT2D eigenvalue weighted by molar-refractivity contribution is -0.139. The van der Waals surface area contributed by atoms with Crippen LogP contribution in [-0.4, -0.2) is 36.4 Å². The zero-order valence-electron chi connectivity index (χ0n) is 11.9. The number of aromatic hydroxyl groups is 1. The van der Waals surface area contributed by atoms with Crippen LogP contribution >= 0.6 is 0 Å². The van der Waals surface area contributed by atoms with E-state index >= 15 is 0 Å². The molecule has 0 saturated carbocycles. The van der Waals surface area contributed by atoms with Crippen molar-refractivity contribution in [2.75, 3.05) is 14.2 Å². The first-order chi connectivity index (χ1) is 9.88. The number of phenols is 1. The fraction of sp³-hybridized carbons (Fsp3) is 0.286. The first kappa shape index (κ1) is 16.4. The van der Waals surface area contributed by atoms with E-state index in [2.05, 4.69) is 10.1 Å². The highest BCUT2D eigenvalue weighted by atomic mass is 16.5. The third-order valence-electron chi connectivity index (χ3n) is 2.69. The second-order valence-corrected chi connectivity index (χ2v) is 4.20. The molecule has 0 heterocycles. The van der Waals surface area contributed by atoms with E-state index < -0.39 is 18.0 Å². The average molecular weight is 295 g/mol. The first-order valence-electron chi connectivity index (χ1n) is 6.01. The molecule has 7 heteroatoms. The number of carboxylic acid groups (broad SMARTS) is 1. The Bertz CT molecular complexity index is 567. The molecule has 7 nitrogen and oxygen atoms in total. The monoisotopic (exact) mass is 295 g/mol. The lowest BCUT2D eigenvalue weighted by atomic mass is 10.1. The van der Waals surface area contributed by atoms with Crippen LogP contribution in [0.3, 0.4) is 0 Å². The molecule has 0 amide bonds. The van der Waals surface area contributed by atoms with Gasteiger partial charge in [0.05, 0.1) is 14.2 Å². The van der Waals surface area contributed by atoms with Gasteiger partial charge in [0.1, 0.15) is 0 Å². The molecular weight excluding hydrogens is 278 g/mol. The zero-order chi connectivity index (χ0) is 16.0. The summed E-state index contributed by atoms with van der Waals surface area (Å²) in [6.07, 6.45) is 1.15. The highest BCUT2D eigenvalue weighted by Gasteiger charge is 2.21. The number of allylic oxidation sites excluding steroid dienone is 1. The molecule has 3 N–H and O–H groups in total. The molecule has 114 valence electrons. The number of nitrogens with one attached hydrogen (secondary N) is 1. The smallest absolute Gasteiger partial charge is 0.332 e. The molecule has 0 aromatic heterocycles. The van der Waals surface area contributed by atoms with E-state index in [4.69, 9.17) is 4.74 Å². The Morgan fingerprint density at radius 1 is 1.33 bits per heavy atom. The Kier molecular flexibility index (Phi) is 5.59. The van der Waals surface area contributed by atoms with Crippen molar-refractivity contribution in [3.8, 4) is 11.5 Å². The summed E-state index contributed by atoms with van der Waals surface area (Å²) < 4.78 is 9.41. The molecule has 1 aromatic rings. The molecule has 0 saturated heterocycles. The van der Waals surface area contributed by atoms with Crippen molar-refractivity contribution < 1.29 is 29.3 Å². The predicted octanol–water partition coefficient (Wildman–Crippen LogP) is 1.19. The number of esters is 1. The standard InChI is InChI=1S/C14H17NO6/c1-8(6-12(17)21-3)15-13(14(18)19)9-4-5-10(16)11(7-9)20-2/h4-7,13,15-16H,1-3H3,(H,18,19). The van der Waals surface area contributed by atoms with Gasteiger partial charge in [-0.3, -0.25) is 0 Å². The second-order valence-electron chi connectivity index (χ2n) is 4.20. The Balaban J connectivity index is 3.05. The molecule has 0 aliphatic carbocycles. The topological polar surface area (TPSA) is 105 Å². The second kappa shape index (κ2) is 7.18. The van der Waals surface area contributed by atoms with Gasteiger partial charge in [0.2, 0.25) is 0 Å². The van der Waals surface area contributed by atoms with Crippen LogP contribution in [0, 0.1) is 0 Å². The predicted molar refractivity (Wildman–Crippen MR) is 73.9 cm³/mol. The Morgan fingerprint density at radius 2 is 2.00 bits per heavy atom. The van der Waals surface area contributed by atoms with Crippen molar-refractivity contribution in [1.29, 1.82) is 0 Å². The maximum Gasteiger partial charge on any atom is 0.332 e. The van der Waals surface area contributed by atoms with Crippen LogP contribution in [0.15, 0.2) is 30.0 Å². The van der Waals surface area contributed by atoms with Gasteiger partial charge < -0.3 is 25.0 Å². The quantitative estimate of drug-likeness (QED) is 0.535. The minimum atomic E-state index is -1.14. The van der Waals surface area contributed by atoms with Crippen LogP contribution in [0.1, 0.15) is 18.5 Å². The van der Waals surface area contributed by atoms with E-state index in [1.54, 1.807) is 6.92 Å². The Morgan fingerprint density at radius 3 is 2.52 bits per heavy atom. The number of phenolic OH excluding ortho intramolecular Hbond substituents is 1. The summed E-state index contributed by atoms with van der Waals surface area (Å²) in [5.41, 5.74) is 0.705. The van der Waals surface area contributed by atoms with Crippen LogP contribution in [0.2, 0.25) is 0 Å². The average Bonchev–Trinajstić information content (AvgIpc) is 2.45. The summed E-state index contributed by atoms with van der Waals surface area (Å²) in [7, 11) is 2.59. The van der Waals surface area contributed by atoms with Crippen LogP contribution in [0.4, 0.5) is 0 Å². The lowest BCUT2D eigenvalue weighted by Crippen LogP contribution is -2.27. The normalized spacial score (nSPS) is 12.4. The zero-order valence-corrected chi connectivity index (χ0v) is 11.9. The molecule has 0 spiro atoms. The molecule has 1 rings (SSSR count). The summed E-state index contributed by atoms with van der Waals surface area (Å²) in [4.78, 5) is 22.5. The van der Waals surface area contributed by atoms with Gasteiger partial charge in [0.15, 0.2) is 17.5 Å². The highest BCUT2D eigenvalue weighted by Crippen LogP contribution is 2.29. The minimum Gasteiger partial charge on any atom is -0.504 e. The van der Waals surface area contributed by atoms with Gasteiger partial charge in [-0.15, -0.1) is 0 Å². The number of aliphatic carboxylic acids is 1. The van der Waals surface area contributed by atoms with Crippen molar-refractivity contribution in [2.24, 2.45) is 0 Å². The number of carboxylic acids is 1. The number of methoxy groups -OCH3 is 2. The van der Waals surface area contributed by atoms with Crippen LogP contribution in [0.25, 0.3) is 0 Å². The third kappa shape index (κ3) is 4.41. The van der Waals surface area contributed by atoms with E-state index in [1.807, 2.05) is 0 Å². The van der Waals surface area contributed by atoms with Crippen molar-refractivity contribution >= 4 is 11.9 Å². The first-order valence-corrected chi connectivity index (χ1v) is 6.01. The van der Waals surface area contributed by atoms with Gasteiger partial charge in [-0.25, -0.2) is 9.59 Å². The molecule has 0 fully saturated rings. The van der Waals surface area contributed by atoms with E-state index in [0.29, 0.717) is 11.3 Å². The lowest BCUT2D eigenvalue weighted by Gasteiger charge is -2.17. The van der Waals surface area contributed by atoms with E-state index in [1.165, 1.54) is 32.4 Å². The molecular formula is C14H17NO6. The van der Waals surface area contributed by atoms with Crippen molar-refractivity contribution in [1.82, 2.24) is 5.32 Å². The van der Waals surface area contributed by atoms with Gasteiger partial charge in [-0.05, 0) is 24.6 Å². The molecule has 21 heavy (non-hydrogen) atoms. The Hall–Kier alpha value is -2.70. The summed E-state index contributed by atoms with van der Waals surface area (Å²) in [6, 6.07) is 3.10. The SMILES string of the molecule is COC(=O)C=C(C)NC(C(=O)O)c1ccc(O)c(OC)c1. The third-order valence-corrected chi connectivity index (χ3v) is 2.69. The molecule has 1 aromatic carbocycles. The molecule has 0 aliphatic heterocycles. The number of ether oxygens (including phenoxy) is 2. The Labute approximate surface area is 121 Å². The summed E-state index contributed by atoms with van der Waals surface area (Å²) in [5.74, 6) is -1.66. The van der Waals surface area contributed by atoms with Gasteiger partial charge in [0.25, 0.3) is 0 Å².